The Morgan fingerprint density at radius 2 is 1.97 bits per heavy atom. The van der Waals surface area contributed by atoms with Crippen molar-refractivity contribution in [2.45, 2.75) is 38.1 Å². The van der Waals surface area contributed by atoms with Gasteiger partial charge in [0, 0.05) is 30.0 Å². The van der Waals surface area contributed by atoms with Crippen molar-refractivity contribution in [2.75, 3.05) is 18.4 Å². The molecule has 0 bridgehead atoms. The van der Waals surface area contributed by atoms with Gasteiger partial charge >= 0.3 is 0 Å². The normalized spacial score (nSPS) is 14.4. The second-order valence-electron chi connectivity index (χ2n) is 8.27. The van der Waals surface area contributed by atoms with Gasteiger partial charge in [0.25, 0.3) is 0 Å². The Labute approximate surface area is 196 Å². The van der Waals surface area contributed by atoms with Crippen LogP contribution in [0, 0.1) is 17.1 Å². The number of nitrogens with one attached hydrogen (secondary N) is 2. The van der Waals surface area contributed by atoms with Gasteiger partial charge in [-0.1, -0.05) is 6.07 Å². The molecule has 4 heterocycles. The van der Waals surface area contributed by atoms with Crippen LogP contribution < -0.4 is 10.6 Å². The van der Waals surface area contributed by atoms with Gasteiger partial charge in [0.2, 0.25) is 0 Å². The zero-order valence-corrected chi connectivity index (χ0v) is 19.0. The molecule has 1 fully saturated rings. The highest BCUT2D eigenvalue weighted by Gasteiger charge is 2.18. The lowest BCUT2D eigenvalue weighted by Crippen LogP contribution is -2.26. The van der Waals surface area contributed by atoms with Crippen LogP contribution >= 0.6 is 11.3 Å². The number of thiazole rings is 1. The van der Waals surface area contributed by atoms with Crippen LogP contribution in [0.1, 0.15) is 41.4 Å². The SMILES string of the molecule is N#CCCc1nc2ccc(C3CCNCC3)cn2c1NCc1nc(-c2ccc(F)cc2)cs1. The Bertz CT molecular complexity index is 1280. The van der Waals surface area contributed by atoms with Crippen LogP contribution in [0.4, 0.5) is 10.2 Å². The summed E-state index contributed by atoms with van der Waals surface area (Å²) in [5.41, 5.74) is 4.84. The monoisotopic (exact) mass is 460 g/mol. The average Bonchev–Trinajstić information content (AvgIpc) is 3.46. The number of hydrogen-bond acceptors (Lipinski definition) is 6. The maximum atomic E-state index is 13.2. The first-order valence-corrected chi connectivity index (χ1v) is 12.1. The first-order valence-electron chi connectivity index (χ1n) is 11.2. The molecule has 0 spiro atoms. The number of halogens is 1. The number of nitrogens with zero attached hydrogens (tertiary/aromatic N) is 4. The van der Waals surface area contributed by atoms with E-state index in [0.717, 1.165) is 59.4 Å². The number of nitriles is 1. The van der Waals surface area contributed by atoms with Gasteiger partial charge in [-0.2, -0.15) is 5.26 Å². The number of anilines is 1. The molecule has 3 aromatic heterocycles. The van der Waals surface area contributed by atoms with Crippen molar-refractivity contribution in [2.24, 2.45) is 0 Å². The number of aromatic nitrogens is 3. The first kappa shape index (κ1) is 21.6. The lowest BCUT2D eigenvalue weighted by Gasteiger charge is -2.23. The maximum Gasteiger partial charge on any atom is 0.138 e. The van der Waals surface area contributed by atoms with Crippen molar-refractivity contribution in [3.63, 3.8) is 0 Å². The van der Waals surface area contributed by atoms with E-state index in [1.54, 1.807) is 23.5 Å². The molecule has 5 rings (SSSR count). The number of pyridine rings is 1. The summed E-state index contributed by atoms with van der Waals surface area (Å²) in [4.78, 5) is 9.51. The van der Waals surface area contributed by atoms with Crippen LogP contribution in [0.15, 0.2) is 48.0 Å². The van der Waals surface area contributed by atoms with E-state index < -0.39 is 0 Å². The summed E-state index contributed by atoms with van der Waals surface area (Å²) in [6, 6.07) is 12.9. The van der Waals surface area contributed by atoms with Crippen molar-refractivity contribution >= 4 is 22.8 Å². The quantitative estimate of drug-likeness (QED) is 0.400. The summed E-state index contributed by atoms with van der Waals surface area (Å²) in [7, 11) is 0. The van der Waals surface area contributed by atoms with E-state index in [9.17, 15) is 4.39 Å². The van der Waals surface area contributed by atoms with E-state index in [-0.39, 0.29) is 5.82 Å². The van der Waals surface area contributed by atoms with E-state index in [0.29, 0.717) is 25.3 Å². The summed E-state index contributed by atoms with van der Waals surface area (Å²) in [5, 5.41) is 19.0. The highest BCUT2D eigenvalue weighted by molar-refractivity contribution is 7.09. The molecule has 33 heavy (non-hydrogen) atoms. The molecule has 0 saturated carbocycles. The van der Waals surface area contributed by atoms with Crippen LogP contribution in [0.25, 0.3) is 16.9 Å². The molecule has 1 aromatic carbocycles. The van der Waals surface area contributed by atoms with E-state index in [2.05, 4.69) is 39.4 Å². The van der Waals surface area contributed by atoms with Gasteiger partial charge in [0.05, 0.1) is 24.0 Å². The van der Waals surface area contributed by atoms with Gasteiger partial charge < -0.3 is 10.6 Å². The molecular formula is C25H25FN6S. The molecule has 8 heteroatoms. The smallest absolute Gasteiger partial charge is 0.138 e. The zero-order chi connectivity index (χ0) is 22.6. The van der Waals surface area contributed by atoms with Gasteiger partial charge in [-0.15, -0.1) is 11.3 Å². The molecule has 1 aliphatic heterocycles. The minimum absolute atomic E-state index is 0.253. The second-order valence-corrected chi connectivity index (χ2v) is 9.21. The minimum atomic E-state index is -0.253. The fourth-order valence-electron chi connectivity index (χ4n) is 4.35. The first-order chi connectivity index (χ1) is 16.2. The molecule has 6 nitrogen and oxygen atoms in total. The second kappa shape index (κ2) is 9.69. The van der Waals surface area contributed by atoms with Crippen molar-refractivity contribution < 1.29 is 4.39 Å². The Hall–Kier alpha value is -3.28. The lowest BCUT2D eigenvalue weighted by atomic mass is 9.91. The molecule has 1 aliphatic rings. The number of imidazole rings is 1. The Balaban J connectivity index is 1.40. The van der Waals surface area contributed by atoms with Crippen LogP contribution in [-0.2, 0) is 13.0 Å². The Morgan fingerprint density at radius 1 is 1.15 bits per heavy atom. The summed E-state index contributed by atoms with van der Waals surface area (Å²) in [5.74, 6) is 1.22. The number of aryl methyl sites for hydroxylation is 1. The van der Waals surface area contributed by atoms with E-state index in [4.69, 9.17) is 15.2 Å². The molecule has 168 valence electrons. The Kier molecular flexibility index (Phi) is 6.33. The predicted molar refractivity (Wildman–Crippen MR) is 129 cm³/mol. The van der Waals surface area contributed by atoms with Crippen molar-refractivity contribution in [1.29, 1.82) is 5.26 Å². The fraction of sp³-hybridized carbons (Fsp3) is 0.320. The number of rotatable bonds is 7. The van der Waals surface area contributed by atoms with Gasteiger partial charge in [-0.05, 0) is 67.7 Å². The number of fused-ring (bicyclic) bond motifs is 1. The lowest BCUT2D eigenvalue weighted by molar-refractivity contribution is 0.459. The molecule has 4 aromatic rings. The summed E-state index contributed by atoms with van der Waals surface area (Å²) in [6.07, 6.45) is 5.49. The van der Waals surface area contributed by atoms with Crippen molar-refractivity contribution in [3.05, 3.63) is 70.1 Å². The standard InChI is InChI=1S/C25H25FN6S/c26-20-6-3-18(4-7-20)22-16-33-24(31-22)14-29-25-21(2-1-11-27)30-23-8-5-19(15-32(23)25)17-9-12-28-13-10-17/h3-8,15-17,28-29H,1-2,9-10,12-14H2. The third-order valence-corrected chi connectivity index (χ3v) is 6.95. The average molecular weight is 461 g/mol. The molecule has 2 N–H and O–H groups in total. The number of hydrogen-bond donors (Lipinski definition) is 2. The molecule has 0 amide bonds. The van der Waals surface area contributed by atoms with Gasteiger partial charge in [-0.25, -0.2) is 14.4 Å². The third kappa shape index (κ3) is 4.75. The third-order valence-electron chi connectivity index (χ3n) is 6.10. The van der Waals surface area contributed by atoms with Crippen molar-refractivity contribution in [1.82, 2.24) is 19.7 Å². The zero-order valence-electron chi connectivity index (χ0n) is 18.2. The molecule has 0 unspecified atom stereocenters. The summed E-state index contributed by atoms with van der Waals surface area (Å²) in [6.45, 7) is 2.65. The van der Waals surface area contributed by atoms with Crippen LogP contribution in [0.5, 0.6) is 0 Å². The van der Waals surface area contributed by atoms with Crippen LogP contribution in [0.2, 0.25) is 0 Å². The molecule has 0 aliphatic carbocycles. The fourth-order valence-corrected chi connectivity index (χ4v) is 5.09. The van der Waals surface area contributed by atoms with E-state index in [1.807, 2.05) is 5.38 Å². The highest BCUT2D eigenvalue weighted by atomic mass is 32.1. The van der Waals surface area contributed by atoms with E-state index in [1.165, 1.54) is 17.7 Å². The van der Waals surface area contributed by atoms with E-state index >= 15 is 0 Å². The summed E-state index contributed by atoms with van der Waals surface area (Å²) >= 11 is 1.57. The summed E-state index contributed by atoms with van der Waals surface area (Å²) < 4.78 is 15.4. The topological polar surface area (TPSA) is 78.0 Å². The van der Waals surface area contributed by atoms with Gasteiger partial charge in [-0.3, -0.25) is 4.40 Å². The highest BCUT2D eigenvalue weighted by Crippen LogP contribution is 2.29. The molecule has 1 saturated heterocycles. The predicted octanol–water partition coefficient (Wildman–Crippen LogP) is 5.13. The molecular weight excluding hydrogens is 435 g/mol. The van der Waals surface area contributed by atoms with Gasteiger partial charge in [0.1, 0.15) is 22.3 Å². The van der Waals surface area contributed by atoms with Crippen molar-refractivity contribution in [3.8, 4) is 17.3 Å². The molecule has 0 atom stereocenters. The molecule has 0 radical (unpaired) electrons. The maximum absolute atomic E-state index is 13.2. The largest absolute Gasteiger partial charge is 0.363 e. The Morgan fingerprint density at radius 3 is 2.76 bits per heavy atom. The minimum Gasteiger partial charge on any atom is -0.363 e. The number of benzene rings is 1. The van der Waals surface area contributed by atoms with Crippen LogP contribution in [0.3, 0.4) is 0 Å². The number of piperidine rings is 1. The van der Waals surface area contributed by atoms with Gasteiger partial charge in [0.15, 0.2) is 0 Å². The van der Waals surface area contributed by atoms with Crippen LogP contribution in [-0.4, -0.2) is 27.5 Å².